The van der Waals surface area contributed by atoms with E-state index in [9.17, 15) is 14.7 Å². The maximum absolute atomic E-state index is 12.2. The molecule has 0 bridgehead atoms. The minimum absolute atomic E-state index is 0.0527. The van der Waals surface area contributed by atoms with Crippen LogP contribution in [0, 0.1) is 12.8 Å². The summed E-state index contributed by atoms with van der Waals surface area (Å²) in [5, 5.41) is 12.9. The number of carboxylic acids is 1. The molecule has 0 radical (unpaired) electrons. The van der Waals surface area contributed by atoms with Gasteiger partial charge in [0, 0.05) is 13.5 Å². The summed E-state index contributed by atoms with van der Waals surface area (Å²) < 4.78 is 4.04. The Hall–Kier alpha value is -1.47. The molecule has 6 nitrogen and oxygen atoms in total. The number of hydrogen-bond acceptors (Lipinski definition) is 5. The molecule has 2 rings (SSSR count). The first-order chi connectivity index (χ1) is 9.50. The van der Waals surface area contributed by atoms with Crippen molar-refractivity contribution in [3.05, 3.63) is 11.3 Å². The molecule has 7 heteroatoms. The van der Waals surface area contributed by atoms with Crippen molar-refractivity contribution in [3.63, 3.8) is 0 Å². The van der Waals surface area contributed by atoms with Crippen LogP contribution in [-0.2, 0) is 4.79 Å². The lowest BCUT2D eigenvalue weighted by molar-refractivity contribution is -0.118. The summed E-state index contributed by atoms with van der Waals surface area (Å²) in [5.41, 5.74) is 0.588. The minimum Gasteiger partial charge on any atom is -0.478 e. The van der Waals surface area contributed by atoms with Crippen molar-refractivity contribution >= 4 is 28.4 Å². The van der Waals surface area contributed by atoms with Gasteiger partial charge in [-0.25, -0.2) is 4.79 Å². The molecule has 1 atom stereocenters. The number of carbonyl (C=O) groups excluding carboxylic acids is 1. The number of hydrogen-bond donors (Lipinski definition) is 2. The van der Waals surface area contributed by atoms with E-state index in [1.165, 1.54) is 4.90 Å². The number of rotatable bonds is 5. The Balaban J connectivity index is 2.01. The second-order valence-corrected chi connectivity index (χ2v) is 5.86. The van der Waals surface area contributed by atoms with Crippen LogP contribution >= 0.6 is 11.5 Å². The second-order valence-electron chi connectivity index (χ2n) is 5.10. The van der Waals surface area contributed by atoms with Gasteiger partial charge in [-0.2, -0.15) is 4.37 Å². The van der Waals surface area contributed by atoms with E-state index in [2.05, 4.69) is 9.69 Å². The van der Waals surface area contributed by atoms with Gasteiger partial charge in [-0.3, -0.25) is 4.79 Å². The zero-order valence-electron chi connectivity index (χ0n) is 11.7. The fraction of sp³-hybridized carbons (Fsp3) is 0.615. The van der Waals surface area contributed by atoms with Crippen LogP contribution in [0.5, 0.6) is 0 Å². The topological polar surface area (TPSA) is 82.5 Å². The minimum atomic E-state index is -1.04. The molecule has 1 aliphatic heterocycles. The molecular weight excluding hydrogens is 278 g/mol. The van der Waals surface area contributed by atoms with Gasteiger partial charge in [-0.1, -0.05) is 0 Å². The second kappa shape index (κ2) is 6.32. The highest BCUT2D eigenvalue weighted by molar-refractivity contribution is 7.11. The molecule has 0 spiro atoms. The Morgan fingerprint density at radius 2 is 2.30 bits per heavy atom. The third-order valence-corrected chi connectivity index (χ3v) is 4.68. The predicted octanol–water partition coefficient (Wildman–Crippen LogP) is 1.50. The third kappa shape index (κ3) is 3.16. The monoisotopic (exact) mass is 297 g/mol. The Morgan fingerprint density at radius 1 is 1.55 bits per heavy atom. The third-order valence-electron chi connectivity index (χ3n) is 3.67. The zero-order chi connectivity index (χ0) is 14.7. The molecular formula is C13H19N3O3S. The summed E-state index contributed by atoms with van der Waals surface area (Å²) in [6.45, 7) is 3.63. The van der Waals surface area contributed by atoms with Crippen LogP contribution in [-0.4, -0.2) is 41.5 Å². The van der Waals surface area contributed by atoms with Crippen molar-refractivity contribution in [3.8, 4) is 0 Å². The van der Waals surface area contributed by atoms with E-state index >= 15 is 0 Å². The van der Waals surface area contributed by atoms with Crippen molar-refractivity contribution in [1.82, 2.24) is 9.69 Å². The number of aryl methyl sites for hydroxylation is 1. The molecule has 1 amide bonds. The Bertz CT molecular complexity index is 509. The molecule has 110 valence electrons. The number of nitrogens with zero attached hydrogens (tertiary/aromatic N) is 2. The van der Waals surface area contributed by atoms with Crippen LogP contribution < -0.4 is 10.2 Å². The maximum Gasteiger partial charge on any atom is 0.340 e. The largest absolute Gasteiger partial charge is 0.478 e. The van der Waals surface area contributed by atoms with Gasteiger partial charge in [-0.05, 0) is 50.3 Å². The summed E-state index contributed by atoms with van der Waals surface area (Å²) in [6, 6.07) is 0. The van der Waals surface area contributed by atoms with Crippen LogP contribution in [0.4, 0.5) is 5.00 Å². The van der Waals surface area contributed by atoms with Gasteiger partial charge in [0.1, 0.15) is 10.6 Å². The SMILES string of the molecule is Cc1nsc(N(C)C(=O)CCC2CCNC2)c1C(=O)O. The first-order valence-corrected chi connectivity index (χ1v) is 7.45. The lowest BCUT2D eigenvalue weighted by atomic mass is 10.0. The number of amides is 1. The fourth-order valence-corrected chi connectivity index (χ4v) is 3.27. The quantitative estimate of drug-likeness (QED) is 0.860. The van der Waals surface area contributed by atoms with Gasteiger partial charge < -0.3 is 15.3 Å². The average Bonchev–Trinajstić information content (AvgIpc) is 3.03. The van der Waals surface area contributed by atoms with Crippen molar-refractivity contribution in [1.29, 1.82) is 0 Å². The van der Waals surface area contributed by atoms with Crippen molar-refractivity contribution in [2.24, 2.45) is 5.92 Å². The molecule has 1 aromatic rings. The molecule has 0 saturated carbocycles. The van der Waals surface area contributed by atoms with Crippen LogP contribution in [0.25, 0.3) is 0 Å². The summed E-state index contributed by atoms with van der Waals surface area (Å²) in [6.07, 6.45) is 2.40. The number of carboxylic acid groups (broad SMARTS) is 1. The smallest absolute Gasteiger partial charge is 0.340 e. The van der Waals surface area contributed by atoms with Crippen molar-refractivity contribution in [2.45, 2.75) is 26.2 Å². The van der Waals surface area contributed by atoms with Gasteiger partial charge in [-0.15, -0.1) is 0 Å². The molecule has 0 aromatic carbocycles. The molecule has 1 unspecified atom stereocenters. The van der Waals surface area contributed by atoms with E-state index < -0.39 is 5.97 Å². The predicted molar refractivity (Wildman–Crippen MR) is 77.4 cm³/mol. The number of carbonyl (C=O) groups is 2. The van der Waals surface area contributed by atoms with Gasteiger partial charge in [0.05, 0.1) is 5.69 Å². The lowest BCUT2D eigenvalue weighted by Gasteiger charge is -2.17. The molecule has 2 heterocycles. The van der Waals surface area contributed by atoms with Gasteiger partial charge >= 0.3 is 5.97 Å². The van der Waals surface area contributed by atoms with Gasteiger partial charge in [0.2, 0.25) is 5.91 Å². The van der Waals surface area contributed by atoms with Crippen molar-refractivity contribution in [2.75, 3.05) is 25.0 Å². The molecule has 2 N–H and O–H groups in total. The first-order valence-electron chi connectivity index (χ1n) is 6.67. The standard InChI is InChI=1S/C13H19N3O3S/c1-8-11(13(18)19)12(20-15-8)16(2)10(17)4-3-9-5-6-14-7-9/h9,14H,3-7H2,1-2H3,(H,18,19). The number of anilines is 1. The van der Waals surface area contributed by atoms with Crippen LogP contribution in [0.1, 0.15) is 35.3 Å². The fourth-order valence-electron chi connectivity index (χ4n) is 2.40. The van der Waals surface area contributed by atoms with Gasteiger partial charge in [0.15, 0.2) is 0 Å². The van der Waals surface area contributed by atoms with E-state index in [4.69, 9.17) is 0 Å². The summed E-state index contributed by atoms with van der Waals surface area (Å²) >= 11 is 1.06. The summed E-state index contributed by atoms with van der Waals surface area (Å²) in [7, 11) is 1.62. The Morgan fingerprint density at radius 3 is 2.90 bits per heavy atom. The van der Waals surface area contributed by atoms with Crippen LogP contribution in [0.15, 0.2) is 0 Å². The molecule has 1 fully saturated rings. The zero-order valence-corrected chi connectivity index (χ0v) is 12.5. The summed E-state index contributed by atoms with van der Waals surface area (Å²) in [4.78, 5) is 24.8. The van der Waals surface area contributed by atoms with Crippen LogP contribution in [0.3, 0.4) is 0 Å². The highest BCUT2D eigenvalue weighted by Crippen LogP contribution is 2.28. The van der Waals surface area contributed by atoms with E-state index in [1.807, 2.05) is 0 Å². The number of nitrogens with one attached hydrogen (secondary N) is 1. The van der Waals surface area contributed by atoms with E-state index in [-0.39, 0.29) is 11.5 Å². The van der Waals surface area contributed by atoms with E-state index in [1.54, 1.807) is 14.0 Å². The number of aromatic nitrogens is 1. The first kappa shape index (κ1) is 14.9. The van der Waals surface area contributed by atoms with Crippen LogP contribution in [0.2, 0.25) is 0 Å². The normalized spacial score (nSPS) is 18.2. The highest BCUT2D eigenvalue weighted by Gasteiger charge is 2.24. The average molecular weight is 297 g/mol. The molecule has 0 aliphatic carbocycles. The highest BCUT2D eigenvalue weighted by atomic mass is 32.1. The molecule has 1 aliphatic rings. The van der Waals surface area contributed by atoms with Crippen molar-refractivity contribution < 1.29 is 14.7 Å². The van der Waals surface area contributed by atoms with Gasteiger partial charge in [0.25, 0.3) is 0 Å². The van der Waals surface area contributed by atoms with E-state index in [0.717, 1.165) is 37.5 Å². The maximum atomic E-state index is 12.2. The number of aromatic carboxylic acids is 1. The van der Waals surface area contributed by atoms with E-state index in [0.29, 0.717) is 23.0 Å². The lowest BCUT2D eigenvalue weighted by Crippen LogP contribution is -2.27. The Kier molecular flexibility index (Phi) is 4.72. The molecule has 1 saturated heterocycles. The summed E-state index contributed by atoms with van der Waals surface area (Å²) in [5.74, 6) is -0.538. The molecule has 20 heavy (non-hydrogen) atoms. The molecule has 1 aromatic heterocycles. The Labute approximate surface area is 122 Å².